The third-order valence-electron chi connectivity index (χ3n) is 8.90. The van der Waals surface area contributed by atoms with E-state index in [4.69, 9.17) is 0 Å². The predicted molar refractivity (Wildman–Crippen MR) is 116 cm³/mol. The van der Waals surface area contributed by atoms with Gasteiger partial charge in [-0.3, -0.25) is 9.59 Å². The Morgan fingerprint density at radius 1 is 1.16 bits per heavy atom. The number of amides is 2. The molecule has 8 heteroatoms. The number of rotatable bonds is 6. The van der Waals surface area contributed by atoms with Gasteiger partial charge < -0.3 is 15.3 Å². The van der Waals surface area contributed by atoms with E-state index in [2.05, 4.69) is 15.6 Å². The van der Waals surface area contributed by atoms with Crippen LogP contribution in [0, 0.1) is 23.2 Å². The van der Waals surface area contributed by atoms with Gasteiger partial charge in [0.05, 0.1) is 11.8 Å². The summed E-state index contributed by atoms with van der Waals surface area (Å²) >= 11 is 0. The number of aliphatic hydroxyl groups excluding tert-OH is 1. The minimum atomic E-state index is -0.665. The summed E-state index contributed by atoms with van der Waals surface area (Å²) in [5.74, 6) is 2.36. The highest BCUT2D eigenvalue weighted by Gasteiger charge is 2.58. The molecule has 5 saturated carbocycles. The second kappa shape index (κ2) is 7.54. The Labute approximate surface area is 189 Å². The van der Waals surface area contributed by atoms with Gasteiger partial charge in [-0.25, -0.2) is 4.68 Å². The quantitative estimate of drug-likeness (QED) is 0.703. The van der Waals surface area contributed by atoms with Gasteiger partial charge in [0.15, 0.2) is 0 Å². The highest BCUT2D eigenvalue weighted by atomic mass is 16.3. The smallest absolute Gasteiger partial charge is 0.248 e. The molecule has 6 fully saturated rings. The van der Waals surface area contributed by atoms with Gasteiger partial charge in [0.25, 0.3) is 0 Å². The van der Waals surface area contributed by atoms with Gasteiger partial charge in [-0.15, -0.1) is 5.10 Å². The zero-order valence-corrected chi connectivity index (χ0v) is 18.9. The molecule has 5 aliphatic carbocycles. The van der Waals surface area contributed by atoms with Crippen molar-refractivity contribution in [3.05, 3.63) is 11.9 Å². The predicted octanol–water partition coefficient (Wildman–Crippen LogP) is 2.01. The second-order valence-corrected chi connectivity index (χ2v) is 11.4. The molecule has 0 unspecified atom stereocenters. The van der Waals surface area contributed by atoms with Crippen molar-refractivity contribution in [2.45, 2.75) is 88.8 Å². The van der Waals surface area contributed by atoms with E-state index in [9.17, 15) is 14.7 Å². The molecule has 7 rings (SSSR count). The lowest BCUT2D eigenvalue weighted by Gasteiger charge is -2.59. The minimum Gasteiger partial charge on any atom is -0.391 e. The molecule has 8 nitrogen and oxygen atoms in total. The first kappa shape index (κ1) is 20.6. The van der Waals surface area contributed by atoms with Crippen LogP contribution in [0.5, 0.6) is 0 Å². The van der Waals surface area contributed by atoms with Crippen LogP contribution in [0.3, 0.4) is 0 Å². The lowest BCUT2D eigenvalue weighted by Crippen LogP contribution is -2.56. The van der Waals surface area contributed by atoms with Crippen molar-refractivity contribution in [1.82, 2.24) is 25.2 Å². The summed E-state index contributed by atoms with van der Waals surface area (Å²) in [6.07, 6.45) is 11.0. The number of aromatic nitrogens is 3. The summed E-state index contributed by atoms with van der Waals surface area (Å²) in [5.41, 5.74) is 0.883. The SMILES string of the molecule is CCNC(=O)[C@@H]1C[C@@H](O)CN1C(=O)[C@@H](n1cc(C2CC2)nn1)C12CC3CC(CC(C3)C1)C2. The van der Waals surface area contributed by atoms with Gasteiger partial charge in [0.1, 0.15) is 12.1 Å². The lowest BCUT2D eigenvalue weighted by atomic mass is 9.47. The van der Waals surface area contributed by atoms with Crippen LogP contribution in [-0.2, 0) is 9.59 Å². The largest absolute Gasteiger partial charge is 0.391 e. The molecular formula is C24H35N5O3. The van der Waals surface area contributed by atoms with E-state index in [-0.39, 0.29) is 23.8 Å². The number of carbonyl (C=O) groups excluding carboxylic acids is 2. The Bertz CT molecular complexity index is 874. The molecule has 2 amide bonds. The number of likely N-dealkylation sites (tertiary alicyclic amines) is 1. The van der Waals surface area contributed by atoms with Crippen LogP contribution in [0.4, 0.5) is 0 Å². The molecule has 2 heterocycles. The topological polar surface area (TPSA) is 100 Å². The molecule has 1 saturated heterocycles. The van der Waals surface area contributed by atoms with E-state index in [0.717, 1.165) is 37.8 Å². The average molecular weight is 442 g/mol. The van der Waals surface area contributed by atoms with Crippen molar-refractivity contribution in [3.8, 4) is 0 Å². The molecule has 3 atom stereocenters. The average Bonchev–Trinajstić information content (AvgIpc) is 3.34. The second-order valence-electron chi connectivity index (χ2n) is 11.4. The fourth-order valence-electron chi connectivity index (χ4n) is 7.91. The molecule has 1 aromatic heterocycles. The van der Waals surface area contributed by atoms with E-state index < -0.39 is 18.2 Å². The number of nitrogens with one attached hydrogen (secondary N) is 1. The molecular weight excluding hydrogens is 406 g/mol. The third kappa shape index (κ3) is 3.37. The lowest BCUT2D eigenvalue weighted by molar-refractivity contribution is -0.153. The van der Waals surface area contributed by atoms with Gasteiger partial charge in [-0.05, 0) is 76.0 Å². The van der Waals surface area contributed by atoms with E-state index >= 15 is 0 Å². The number of β-amino-alcohol motifs (C(OH)–C–C–N with tert-alkyl or cyclic N) is 1. The third-order valence-corrected chi connectivity index (χ3v) is 8.90. The Balaban J connectivity index is 1.37. The molecule has 4 bridgehead atoms. The fraction of sp³-hybridized carbons (Fsp3) is 0.833. The Hall–Kier alpha value is -1.96. The molecule has 0 aromatic carbocycles. The number of likely N-dealkylation sites (N-methyl/N-ethyl adjacent to an activating group) is 1. The molecule has 2 N–H and O–H groups in total. The molecule has 0 spiro atoms. The first-order valence-electron chi connectivity index (χ1n) is 12.6. The van der Waals surface area contributed by atoms with Crippen molar-refractivity contribution in [3.63, 3.8) is 0 Å². The number of aliphatic hydroxyl groups is 1. The van der Waals surface area contributed by atoms with Crippen LogP contribution in [0.25, 0.3) is 0 Å². The molecule has 1 aromatic rings. The standard InChI is InChI=1S/C24H35N5O3/c1-2-25-22(31)20-8-18(30)12-28(20)23(32)21(29-13-19(26-27-29)17-3-4-17)24-9-14-5-15(10-24)7-16(6-14)11-24/h13-18,20-21,30H,2-12H2,1H3,(H,25,31)/t14?,15?,16?,18-,20+,21-,24?/m1/s1. The number of carbonyl (C=O) groups is 2. The van der Waals surface area contributed by atoms with Crippen molar-refractivity contribution < 1.29 is 14.7 Å². The highest BCUT2D eigenvalue weighted by molar-refractivity contribution is 5.90. The zero-order valence-electron chi connectivity index (χ0n) is 18.9. The summed E-state index contributed by atoms with van der Waals surface area (Å²) in [5, 5.41) is 22.2. The summed E-state index contributed by atoms with van der Waals surface area (Å²) in [6.45, 7) is 2.61. The molecule has 174 valence electrons. The van der Waals surface area contributed by atoms with Crippen LogP contribution >= 0.6 is 0 Å². The summed E-state index contributed by atoms with van der Waals surface area (Å²) < 4.78 is 1.85. The van der Waals surface area contributed by atoms with Crippen LogP contribution in [-0.4, -0.2) is 62.0 Å². The van der Waals surface area contributed by atoms with Gasteiger partial charge in [-0.1, -0.05) is 5.21 Å². The number of hydrogen-bond donors (Lipinski definition) is 2. The van der Waals surface area contributed by atoms with Crippen LogP contribution in [0.1, 0.15) is 82.4 Å². The maximum absolute atomic E-state index is 14.3. The number of hydrogen-bond acceptors (Lipinski definition) is 5. The van der Waals surface area contributed by atoms with Crippen molar-refractivity contribution in [2.75, 3.05) is 13.1 Å². The monoisotopic (exact) mass is 441 g/mol. The Morgan fingerprint density at radius 2 is 1.81 bits per heavy atom. The summed E-state index contributed by atoms with van der Waals surface area (Å²) in [7, 11) is 0. The first-order valence-corrected chi connectivity index (χ1v) is 12.6. The van der Waals surface area contributed by atoms with E-state index in [1.165, 1.54) is 19.3 Å². The normalized spacial score (nSPS) is 38.8. The Kier molecular flexibility index (Phi) is 4.86. The molecule has 6 aliphatic rings. The van der Waals surface area contributed by atoms with E-state index in [0.29, 0.717) is 36.6 Å². The summed E-state index contributed by atoms with van der Waals surface area (Å²) in [6, 6.07) is -1.04. The van der Waals surface area contributed by atoms with Gasteiger partial charge in [0, 0.05) is 37.0 Å². The first-order chi connectivity index (χ1) is 15.5. The zero-order chi connectivity index (χ0) is 22.0. The van der Waals surface area contributed by atoms with Crippen LogP contribution in [0.15, 0.2) is 6.20 Å². The maximum Gasteiger partial charge on any atom is 0.248 e. The van der Waals surface area contributed by atoms with Crippen molar-refractivity contribution in [2.24, 2.45) is 23.2 Å². The van der Waals surface area contributed by atoms with Gasteiger partial charge >= 0.3 is 0 Å². The minimum absolute atomic E-state index is 0.0491. The summed E-state index contributed by atoms with van der Waals surface area (Å²) in [4.78, 5) is 28.7. The highest BCUT2D eigenvalue weighted by Crippen LogP contribution is 2.64. The molecule has 32 heavy (non-hydrogen) atoms. The van der Waals surface area contributed by atoms with Gasteiger partial charge in [-0.2, -0.15) is 0 Å². The Morgan fingerprint density at radius 3 is 2.41 bits per heavy atom. The fourth-order valence-corrected chi connectivity index (χ4v) is 7.91. The van der Waals surface area contributed by atoms with Crippen molar-refractivity contribution >= 4 is 11.8 Å². The molecule has 0 radical (unpaired) electrons. The van der Waals surface area contributed by atoms with Crippen LogP contribution in [0.2, 0.25) is 0 Å². The van der Waals surface area contributed by atoms with E-state index in [1.807, 2.05) is 17.8 Å². The number of nitrogens with zero attached hydrogens (tertiary/aromatic N) is 4. The van der Waals surface area contributed by atoms with E-state index in [1.54, 1.807) is 4.90 Å². The van der Waals surface area contributed by atoms with Crippen LogP contribution < -0.4 is 5.32 Å². The maximum atomic E-state index is 14.3. The van der Waals surface area contributed by atoms with Crippen molar-refractivity contribution in [1.29, 1.82) is 0 Å². The van der Waals surface area contributed by atoms with Gasteiger partial charge in [0.2, 0.25) is 11.8 Å². The molecule has 1 aliphatic heterocycles.